The van der Waals surface area contributed by atoms with E-state index in [1.807, 2.05) is 32.2 Å². The van der Waals surface area contributed by atoms with Crippen LogP contribution in [0.2, 0.25) is 0 Å². The lowest BCUT2D eigenvalue weighted by Gasteiger charge is -2.24. The Morgan fingerprint density at radius 2 is 2.15 bits per heavy atom. The van der Waals surface area contributed by atoms with Crippen LogP contribution in [0.5, 0.6) is 0 Å². The minimum atomic E-state index is -0.000275. The summed E-state index contributed by atoms with van der Waals surface area (Å²) >= 11 is 0. The maximum Gasteiger partial charge on any atom is 0.253 e. The predicted molar refractivity (Wildman–Crippen MR) is 81.7 cm³/mol. The molecule has 0 spiro atoms. The van der Waals surface area contributed by atoms with E-state index in [0.717, 1.165) is 11.3 Å². The first-order valence-electron chi connectivity index (χ1n) is 6.94. The summed E-state index contributed by atoms with van der Waals surface area (Å²) in [7, 11) is 1.86. The molecule has 108 valence electrons. The largest absolute Gasteiger partial charge is 0.388 e. The molecule has 0 fully saturated rings. The van der Waals surface area contributed by atoms with Gasteiger partial charge in [-0.1, -0.05) is 13.8 Å². The molecule has 0 aliphatic carbocycles. The Hall–Kier alpha value is -2.02. The van der Waals surface area contributed by atoms with E-state index in [2.05, 4.69) is 25.2 Å². The summed E-state index contributed by atoms with van der Waals surface area (Å²) in [5, 5.41) is 11.8. The van der Waals surface area contributed by atoms with E-state index in [4.69, 9.17) is 5.26 Å². The topological polar surface area (TPSA) is 56.1 Å². The van der Waals surface area contributed by atoms with Crippen molar-refractivity contribution in [2.75, 3.05) is 25.5 Å². The van der Waals surface area contributed by atoms with Gasteiger partial charge in [-0.05, 0) is 36.6 Å². The molecule has 0 heterocycles. The molecule has 4 heteroatoms. The quantitative estimate of drug-likeness (QED) is 0.866. The number of nitriles is 1. The molecule has 0 aromatic heterocycles. The van der Waals surface area contributed by atoms with Crippen molar-refractivity contribution in [2.45, 2.75) is 27.2 Å². The van der Waals surface area contributed by atoms with E-state index in [0.29, 0.717) is 31.0 Å². The third-order valence-electron chi connectivity index (χ3n) is 3.11. The van der Waals surface area contributed by atoms with Crippen molar-refractivity contribution in [3.63, 3.8) is 0 Å². The number of carbonyl (C=O) groups is 1. The fourth-order valence-corrected chi connectivity index (χ4v) is 2.16. The third kappa shape index (κ3) is 4.27. The maximum atomic E-state index is 12.5. The molecule has 1 N–H and O–H groups in total. The van der Waals surface area contributed by atoms with E-state index in [1.54, 1.807) is 4.90 Å². The molecular weight excluding hydrogens is 250 g/mol. The highest BCUT2D eigenvalue weighted by Gasteiger charge is 2.17. The summed E-state index contributed by atoms with van der Waals surface area (Å²) in [6, 6.07) is 7.75. The van der Waals surface area contributed by atoms with Gasteiger partial charge in [-0.25, -0.2) is 0 Å². The first-order chi connectivity index (χ1) is 9.49. The van der Waals surface area contributed by atoms with Crippen LogP contribution in [0.3, 0.4) is 0 Å². The van der Waals surface area contributed by atoms with Crippen molar-refractivity contribution in [2.24, 2.45) is 5.92 Å². The van der Waals surface area contributed by atoms with Gasteiger partial charge in [0.25, 0.3) is 5.91 Å². The number of nitrogens with one attached hydrogen (secondary N) is 1. The highest BCUT2D eigenvalue weighted by Crippen LogP contribution is 2.17. The SMILES string of the molecule is CNc1ccc(C(=O)N(CCC#N)CC(C)C)cc1C. The van der Waals surface area contributed by atoms with E-state index in [9.17, 15) is 4.79 Å². The number of hydrogen-bond donors (Lipinski definition) is 1. The number of rotatable bonds is 6. The number of aryl methyl sites for hydroxylation is 1. The van der Waals surface area contributed by atoms with Gasteiger partial charge in [0.05, 0.1) is 12.5 Å². The predicted octanol–water partition coefficient (Wildman–Crippen LogP) is 3.05. The molecule has 0 bridgehead atoms. The van der Waals surface area contributed by atoms with Gasteiger partial charge < -0.3 is 10.2 Å². The lowest BCUT2D eigenvalue weighted by atomic mass is 10.1. The van der Waals surface area contributed by atoms with Crippen LogP contribution in [0.15, 0.2) is 18.2 Å². The van der Waals surface area contributed by atoms with Crippen LogP contribution in [-0.2, 0) is 0 Å². The van der Waals surface area contributed by atoms with Gasteiger partial charge in [0.1, 0.15) is 0 Å². The van der Waals surface area contributed by atoms with Crippen LogP contribution in [0.4, 0.5) is 5.69 Å². The van der Waals surface area contributed by atoms with Crippen molar-refractivity contribution in [3.8, 4) is 6.07 Å². The molecule has 1 rings (SSSR count). The molecule has 4 nitrogen and oxygen atoms in total. The summed E-state index contributed by atoms with van der Waals surface area (Å²) in [6.45, 7) is 7.28. The Morgan fingerprint density at radius 1 is 1.45 bits per heavy atom. The van der Waals surface area contributed by atoms with Crippen LogP contribution in [-0.4, -0.2) is 30.9 Å². The molecule has 1 aromatic carbocycles. The molecule has 0 saturated carbocycles. The Bertz CT molecular complexity index is 503. The zero-order valence-electron chi connectivity index (χ0n) is 12.7. The average Bonchev–Trinajstić information content (AvgIpc) is 2.42. The third-order valence-corrected chi connectivity index (χ3v) is 3.11. The Kier molecular flexibility index (Phi) is 6.05. The summed E-state index contributed by atoms with van der Waals surface area (Å²) in [6.07, 6.45) is 0.367. The highest BCUT2D eigenvalue weighted by molar-refractivity contribution is 5.95. The van der Waals surface area contributed by atoms with Crippen molar-refractivity contribution in [1.29, 1.82) is 5.26 Å². The van der Waals surface area contributed by atoms with E-state index in [-0.39, 0.29) is 5.91 Å². The second-order valence-electron chi connectivity index (χ2n) is 5.33. The minimum Gasteiger partial charge on any atom is -0.388 e. The van der Waals surface area contributed by atoms with Gasteiger partial charge in [0, 0.05) is 31.4 Å². The Labute approximate surface area is 121 Å². The first-order valence-corrected chi connectivity index (χ1v) is 6.94. The van der Waals surface area contributed by atoms with Crippen LogP contribution in [0, 0.1) is 24.2 Å². The summed E-state index contributed by atoms with van der Waals surface area (Å²) < 4.78 is 0. The second-order valence-corrected chi connectivity index (χ2v) is 5.33. The molecule has 0 saturated heterocycles. The van der Waals surface area contributed by atoms with Gasteiger partial charge in [0.15, 0.2) is 0 Å². The van der Waals surface area contributed by atoms with Crippen molar-refractivity contribution >= 4 is 11.6 Å². The molecule has 0 aliphatic heterocycles. The van der Waals surface area contributed by atoms with Crippen molar-refractivity contribution in [1.82, 2.24) is 4.90 Å². The molecule has 20 heavy (non-hydrogen) atoms. The van der Waals surface area contributed by atoms with E-state index < -0.39 is 0 Å². The highest BCUT2D eigenvalue weighted by atomic mass is 16.2. The molecular formula is C16H23N3O. The zero-order chi connectivity index (χ0) is 15.1. The van der Waals surface area contributed by atoms with Gasteiger partial charge in [0.2, 0.25) is 0 Å². The Balaban J connectivity index is 2.93. The standard InChI is InChI=1S/C16H23N3O/c1-12(2)11-19(9-5-8-17)16(20)14-6-7-15(18-4)13(3)10-14/h6-7,10,12,18H,5,9,11H2,1-4H3. The average molecular weight is 273 g/mol. The number of hydrogen-bond acceptors (Lipinski definition) is 3. The van der Waals surface area contributed by atoms with E-state index in [1.165, 1.54) is 0 Å². The van der Waals surface area contributed by atoms with Crippen LogP contribution in [0.1, 0.15) is 36.2 Å². The fourth-order valence-electron chi connectivity index (χ4n) is 2.16. The van der Waals surface area contributed by atoms with Gasteiger partial charge >= 0.3 is 0 Å². The van der Waals surface area contributed by atoms with Gasteiger partial charge in [-0.2, -0.15) is 5.26 Å². The van der Waals surface area contributed by atoms with Gasteiger partial charge in [-0.15, -0.1) is 0 Å². The monoisotopic (exact) mass is 273 g/mol. The van der Waals surface area contributed by atoms with Crippen LogP contribution < -0.4 is 5.32 Å². The Morgan fingerprint density at radius 3 is 2.65 bits per heavy atom. The number of anilines is 1. The van der Waals surface area contributed by atoms with Crippen molar-refractivity contribution in [3.05, 3.63) is 29.3 Å². The number of nitrogens with zero attached hydrogens (tertiary/aromatic N) is 2. The number of benzene rings is 1. The second kappa shape index (κ2) is 7.54. The lowest BCUT2D eigenvalue weighted by Crippen LogP contribution is -2.35. The van der Waals surface area contributed by atoms with Gasteiger partial charge in [-0.3, -0.25) is 4.79 Å². The van der Waals surface area contributed by atoms with Crippen LogP contribution >= 0.6 is 0 Å². The molecule has 1 aromatic rings. The first kappa shape index (κ1) is 16.0. The summed E-state index contributed by atoms with van der Waals surface area (Å²) in [5.74, 6) is 0.384. The molecule has 0 atom stereocenters. The van der Waals surface area contributed by atoms with E-state index >= 15 is 0 Å². The van der Waals surface area contributed by atoms with Crippen LogP contribution in [0.25, 0.3) is 0 Å². The molecule has 0 aliphatic rings. The smallest absolute Gasteiger partial charge is 0.253 e. The number of carbonyl (C=O) groups excluding carboxylic acids is 1. The molecule has 0 radical (unpaired) electrons. The lowest BCUT2D eigenvalue weighted by molar-refractivity contribution is 0.0740. The maximum absolute atomic E-state index is 12.5. The fraction of sp³-hybridized carbons (Fsp3) is 0.500. The minimum absolute atomic E-state index is 0.000275. The normalized spacial score (nSPS) is 10.2. The zero-order valence-corrected chi connectivity index (χ0v) is 12.7. The summed E-state index contributed by atoms with van der Waals surface area (Å²) in [5.41, 5.74) is 2.75. The number of amides is 1. The molecule has 1 amide bonds. The van der Waals surface area contributed by atoms with Crippen molar-refractivity contribution < 1.29 is 4.79 Å². The summed E-state index contributed by atoms with van der Waals surface area (Å²) in [4.78, 5) is 14.3. The molecule has 0 unspecified atom stereocenters.